The van der Waals surface area contributed by atoms with Crippen molar-refractivity contribution in [1.29, 1.82) is 0 Å². The standard InChI is InChI=1S/C18H16ClN3O3S/c19-13-8-15-16(25-7-3-6-24-15)9-14(13)21-17(23)11-26-18-20-10-12-4-1-2-5-22(12)18/h1-2,4-5,8-10H,3,6-7,11H2,(H,21,23). The molecule has 1 amide bonds. The van der Waals surface area contributed by atoms with Crippen LogP contribution in [0.5, 0.6) is 11.5 Å². The van der Waals surface area contributed by atoms with Gasteiger partial charge in [0.1, 0.15) is 0 Å². The van der Waals surface area contributed by atoms with Gasteiger partial charge in [0.15, 0.2) is 16.7 Å². The molecule has 134 valence electrons. The van der Waals surface area contributed by atoms with Crippen LogP contribution in [0, 0.1) is 0 Å². The highest BCUT2D eigenvalue weighted by Crippen LogP contribution is 2.37. The second kappa shape index (κ2) is 7.47. The molecular formula is C18H16ClN3O3S. The molecule has 0 fully saturated rings. The molecule has 4 rings (SSSR count). The Hall–Kier alpha value is -2.38. The molecule has 3 heterocycles. The number of ether oxygens (including phenoxy) is 2. The zero-order valence-electron chi connectivity index (χ0n) is 13.8. The van der Waals surface area contributed by atoms with Gasteiger partial charge in [0.2, 0.25) is 5.91 Å². The van der Waals surface area contributed by atoms with Crippen LogP contribution < -0.4 is 14.8 Å². The second-order valence-corrected chi connectivity index (χ2v) is 7.05. The maximum absolute atomic E-state index is 12.3. The van der Waals surface area contributed by atoms with E-state index in [4.69, 9.17) is 21.1 Å². The van der Waals surface area contributed by atoms with E-state index in [1.54, 1.807) is 18.3 Å². The van der Waals surface area contributed by atoms with Crippen molar-refractivity contribution in [2.75, 3.05) is 24.3 Å². The summed E-state index contributed by atoms with van der Waals surface area (Å²) in [6.45, 7) is 1.16. The summed E-state index contributed by atoms with van der Waals surface area (Å²) in [7, 11) is 0. The zero-order valence-corrected chi connectivity index (χ0v) is 15.3. The number of rotatable bonds is 4. The van der Waals surface area contributed by atoms with Gasteiger partial charge >= 0.3 is 0 Å². The van der Waals surface area contributed by atoms with E-state index in [9.17, 15) is 4.79 Å². The van der Waals surface area contributed by atoms with Gasteiger partial charge in [-0.15, -0.1) is 0 Å². The van der Waals surface area contributed by atoms with E-state index < -0.39 is 0 Å². The number of hydrogen-bond acceptors (Lipinski definition) is 5. The maximum Gasteiger partial charge on any atom is 0.234 e. The van der Waals surface area contributed by atoms with E-state index >= 15 is 0 Å². The minimum Gasteiger partial charge on any atom is -0.490 e. The lowest BCUT2D eigenvalue weighted by molar-refractivity contribution is -0.113. The lowest BCUT2D eigenvalue weighted by Gasteiger charge is -2.12. The summed E-state index contributed by atoms with van der Waals surface area (Å²) >= 11 is 7.63. The number of carbonyl (C=O) groups excluding carboxylic acids is 1. The molecule has 0 bridgehead atoms. The van der Waals surface area contributed by atoms with Crippen LogP contribution in [0.1, 0.15) is 6.42 Å². The van der Waals surface area contributed by atoms with Gasteiger partial charge in [-0.3, -0.25) is 9.20 Å². The molecule has 8 heteroatoms. The molecule has 0 radical (unpaired) electrons. The Bertz CT molecular complexity index is 960. The van der Waals surface area contributed by atoms with Crippen molar-refractivity contribution < 1.29 is 14.3 Å². The average molecular weight is 390 g/mol. The molecule has 26 heavy (non-hydrogen) atoms. The van der Waals surface area contributed by atoms with Crippen LogP contribution in [0.15, 0.2) is 47.9 Å². The first-order chi connectivity index (χ1) is 12.7. The number of pyridine rings is 1. The summed E-state index contributed by atoms with van der Waals surface area (Å²) in [5, 5.41) is 4.01. The van der Waals surface area contributed by atoms with Gasteiger partial charge in [-0.05, 0) is 12.1 Å². The van der Waals surface area contributed by atoms with E-state index in [1.807, 2.05) is 28.8 Å². The van der Waals surface area contributed by atoms with Gasteiger partial charge in [0, 0.05) is 24.8 Å². The first-order valence-electron chi connectivity index (χ1n) is 8.14. The first-order valence-corrected chi connectivity index (χ1v) is 9.51. The fourth-order valence-electron chi connectivity index (χ4n) is 2.62. The summed E-state index contributed by atoms with van der Waals surface area (Å²) in [6.07, 6.45) is 4.51. The Morgan fingerprint density at radius 2 is 2.08 bits per heavy atom. The average Bonchev–Trinajstić information content (AvgIpc) is 2.92. The fraction of sp³-hybridized carbons (Fsp3) is 0.222. The third kappa shape index (κ3) is 3.59. The predicted molar refractivity (Wildman–Crippen MR) is 102 cm³/mol. The molecule has 3 aromatic rings. The van der Waals surface area contributed by atoms with Crippen LogP contribution in [0.3, 0.4) is 0 Å². The number of fused-ring (bicyclic) bond motifs is 2. The van der Waals surface area contributed by atoms with Crippen molar-refractivity contribution in [3.63, 3.8) is 0 Å². The lowest BCUT2D eigenvalue weighted by Crippen LogP contribution is -2.14. The Morgan fingerprint density at radius 3 is 2.92 bits per heavy atom. The topological polar surface area (TPSA) is 64.9 Å². The number of thioether (sulfide) groups is 1. The van der Waals surface area contributed by atoms with Crippen LogP contribution in [0.2, 0.25) is 5.02 Å². The number of amides is 1. The number of halogens is 1. The number of benzene rings is 1. The van der Waals surface area contributed by atoms with Crippen molar-refractivity contribution >= 4 is 40.5 Å². The first kappa shape index (κ1) is 17.1. The van der Waals surface area contributed by atoms with Crippen molar-refractivity contribution in [2.45, 2.75) is 11.6 Å². The monoisotopic (exact) mass is 389 g/mol. The molecule has 0 aliphatic carbocycles. The number of anilines is 1. The summed E-state index contributed by atoms with van der Waals surface area (Å²) in [5.41, 5.74) is 1.50. The van der Waals surface area contributed by atoms with Crippen LogP contribution in [0.25, 0.3) is 5.52 Å². The number of hydrogen-bond donors (Lipinski definition) is 1. The zero-order chi connectivity index (χ0) is 17.9. The van der Waals surface area contributed by atoms with Crippen molar-refractivity contribution in [1.82, 2.24) is 9.38 Å². The Labute approximate surface area is 159 Å². The largest absolute Gasteiger partial charge is 0.490 e. The summed E-state index contributed by atoms with van der Waals surface area (Å²) in [4.78, 5) is 16.7. The molecule has 0 unspecified atom stereocenters. The van der Waals surface area contributed by atoms with Gasteiger partial charge in [0.05, 0.1) is 41.4 Å². The van der Waals surface area contributed by atoms with Gasteiger partial charge < -0.3 is 14.8 Å². The highest BCUT2D eigenvalue weighted by Gasteiger charge is 2.16. The highest BCUT2D eigenvalue weighted by molar-refractivity contribution is 7.99. The van der Waals surface area contributed by atoms with E-state index in [-0.39, 0.29) is 11.7 Å². The third-order valence-corrected chi connectivity index (χ3v) is 5.13. The van der Waals surface area contributed by atoms with Crippen LogP contribution in [-0.4, -0.2) is 34.3 Å². The van der Waals surface area contributed by atoms with Crippen molar-refractivity contribution in [3.8, 4) is 11.5 Å². The number of nitrogens with zero attached hydrogens (tertiary/aromatic N) is 2. The van der Waals surface area contributed by atoms with E-state index in [2.05, 4.69) is 10.3 Å². The van der Waals surface area contributed by atoms with Gasteiger partial charge in [-0.2, -0.15) is 0 Å². The Kier molecular flexibility index (Phi) is 4.90. The fourth-order valence-corrected chi connectivity index (χ4v) is 3.59. The number of nitrogens with one attached hydrogen (secondary N) is 1. The molecule has 1 aliphatic heterocycles. The van der Waals surface area contributed by atoms with Crippen molar-refractivity contribution in [2.24, 2.45) is 0 Å². The lowest BCUT2D eigenvalue weighted by atomic mass is 10.2. The molecule has 1 aliphatic rings. The molecule has 0 saturated carbocycles. The van der Waals surface area contributed by atoms with Crippen molar-refractivity contribution in [3.05, 3.63) is 47.7 Å². The molecular weight excluding hydrogens is 374 g/mol. The molecule has 1 N–H and O–H groups in total. The number of carbonyl (C=O) groups is 1. The normalized spacial score (nSPS) is 13.4. The van der Waals surface area contributed by atoms with E-state index in [0.29, 0.717) is 35.4 Å². The molecule has 6 nitrogen and oxygen atoms in total. The highest BCUT2D eigenvalue weighted by atomic mass is 35.5. The molecule has 2 aromatic heterocycles. The van der Waals surface area contributed by atoms with Gasteiger partial charge in [-0.1, -0.05) is 29.4 Å². The smallest absolute Gasteiger partial charge is 0.234 e. The summed E-state index contributed by atoms with van der Waals surface area (Å²) in [5.74, 6) is 1.25. The number of aromatic nitrogens is 2. The minimum atomic E-state index is -0.168. The molecule has 0 spiro atoms. The van der Waals surface area contributed by atoms with Crippen LogP contribution in [-0.2, 0) is 4.79 Å². The predicted octanol–water partition coefficient (Wildman–Crippen LogP) is 3.88. The third-order valence-electron chi connectivity index (χ3n) is 3.85. The van der Waals surface area contributed by atoms with E-state index in [1.165, 1.54) is 11.8 Å². The molecule has 1 aromatic carbocycles. The minimum absolute atomic E-state index is 0.168. The van der Waals surface area contributed by atoms with Crippen LogP contribution in [0.4, 0.5) is 5.69 Å². The second-order valence-electron chi connectivity index (χ2n) is 5.70. The van der Waals surface area contributed by atoms with E-state index in [0.717, 1.165) is 17.1 Å². The maximum atomic E-state index is 12.3. The molecule has 0 saturated heterocycles. The van der Waals surface area contributed by atoms with Gasteiger partial charge in [-0.25, -0.2) is 4.98 Å². The summed E-state index contributed by atoms with van der Waals surface area (Å²) < 4.78 is 13.2. The van der Waals surface area contributed by atoms with Gasteiger partial charge in [0.25, 0.3) is 0 Å². The quantitative estimate of drug-likeness (QED) is 0.686. The molecule has 0 atom stereocenters. The Balaban J connectivity index is 1.44. The summed E-state index contributed by atoms with van der Waals surface area (Å²) in [6, 6.07) is 9.22. The van der Waals surface area contributed by atoms with Crippen LogP contribution >= 0.6 is 23.4 Å². The number of imidazole rings is 1. The SMILES string of the molecule is O=C(CSc1ncc2ccccn12)Nc1cc2c(cc1Cl)OCCCO2. The Morgan fingerprint density at radius 1 is 1.27 bits per heavy atom.